The predicted molar refractivity (Wildman–Crippen MR) is 329 cm³/mol. The predicted octanol–water partition coefficient (Wildman–Crippen LogP) is 9.43. The molecule has 446 valence electrons. The summed E-state index contributed by atoms with van der Waals surface area (Å²) in [6.45, 7) is 9.92. The molecule has 2 aliphatic rings. The first kappa shape index (κ1) is 65.3. The Morgan fingerprint density at radius 3 is 1.27 bits per heavy atom. The molecule has 2 atom stereocenters. The molecule has 2 aromatic heterocycles. The smallest absolute Gasteiger partial charge is 0.220 e. The van der Waals surface area contributed by atoms with Crippen LogP contribution in [0.15, 0.2) is 97.6 Å². The fourth-order valence-electron chi connectivity index (χ4n) is 9.83. The van der Waals surface area contributed by atoms with Crippen LogP contribution in [0.1, 0.15) is 58.1 Å². The Labute approximate surface area is 512 Å². The fraction of sp³-hybridized carbons (Fsp3) is 0.433. The Morgan fingerprint density at radius 1 is 0.494 bits per heavy atom. The molecule has 0 saturated heterocycles. The third-order valence-electron chi connectivity index (χ3n) is 13.8. The molecule has 83 heavy (non-hydrogen) atoms. The zero-order chi connectivity index (χ0) is 57.5. The van der Waals surface area contributed by atoms with Gasteiger partial charge in [0.05, 0.1) is 90.7 Å². The number of halogens is 5. The van der Waals surface area contributed by atoms with E-state index in [0.717, 1.165) is 70.9 Å². The number of rotatable bonds is 33. The minimum Gasteiger partial charge on any atom is -0.377 e. The molecule has 0 radical (unpaired) electrons. The van der Waals surface area contributed by atoms with Crippen LogP contribution in [0.3, 0.4) is 0 Å². The molecule has 0 saturated carbocycles. The van der Waals surface area contributed by atoms with Gasteiger partial charge < -0.3 is 59.5 Å². The number of fused-ring (bicyclic) bond motifs is 2. The lowest BCUT2D eigenvalue weighted by Gasteiger charge is -2.33. The quantitative estimate of drug-likeness (QED) is 0.0284. The Morgan fingerprint density at radius 2 is 0.867 bits per heavy atom. The lowest BCUT2D eigenvalue weighted by molar-refractivity contribution is -0.126. The van der Waals surface area contributed by atoms with Crippen molar-refractivity contribution in [2.75, 3.05) is 143 Å². The summed E-state index contributed by atoms with van der Waals surface area (Å²) in [5.41, 5.74) is 10.5. The van der Waals surface area contributed by atoms with Crippen LogP contribution < -0.4 is 21.3 Å². The molecular formula is C60H73Cl5N10O8. The normalized spacial score (nSPS) is 15.0. The topological polar surface area (TPSA) is 196 Å². The second-order valence-corrected chi connectivity index (χ2v) is 21.7. The Bertz CT molecular complexity index is 2830. The summed E-state index contributed by atoms with van der Waals surface area (Å²) in [6, 6.07) is 28.4. The molecule has 0 aliphatic carbocycles. The highest BCUT2D eigenvalue weighted by atomic mass is 35.5. The van der Waals surface area contributed by atoms with Gasteiger partial charge in [0, 0.05) is 120 Å². The summed E-state index contributed by atoms with van der Waals surface area (Å²) < 4.78 is 33.8. The van der Waals surface area contributed by atoms with Gasteiger partial charge >= 0.3 is 0 Å². The minimum atomic E-state index is -0.223. The molecule has 18 nitrogen and oxygen atoms in total. The lowest BCUT2D eigenvalue weighted by Crippen LogP contribution is -2.31. The van der Waals surface area contributed by atoms with E-state index in [9.17, 15) is 9.59 Å². The van der Waals surface area contributed by atoms with Crippen molar-refractivity contribution in [1.82, 2.24) is 40.4 Å². The van der Waals surface area contributed by atoms with Crippen molar-refractivity contribution in [1.29, 1.82) is 0 Å². The van der Waals surface area contributed by atoms with Crippen LogP contribution in [0.5, 0.6) is 0 Å². The molecule has 2 aliphatic heterocycles. The van der Waals surface area contributed by atoms with Crippen LogP contribution in [0.25, 0.3) is 22.5 Å². The summed E-state index contributed by atoms with van der Waals surface area (Å²) in [5.74, 6) is 1.22. The third kappa shape index (κ3) is 20.7. The Kier molecular flexibility index (Phi) is 27.2. The molecule has 0 fully saturated rings. The molecule has 0 bridgehead atoms. The van der Waals surface area contributed by atoms with Gasteiger partial charge in [0.15, 0.2) is 0 Å². The van der Waals surface area contributed by atoms with E-state index >= 15 is 0 Å². The molecule has 4 aromatic carbocycles. The molecule has 23 heteroatoms. The van der Waals surface area contributed by atoms with Gasteiger partial charge in [-0.2, -0.15) is 0 Å². The number of likely N-dealkylation sites (N-methyl/N-ethyl adjacent to an activating group) is 2. The van der Waals surface area contributed by atoms with E-state index in [1.807, 2.05) is 36.4 Å². The summed E-state index contributed by atoms with van der Waals surface area (Å²) in [5, 5.41) is 14.8. The number of nitrogens with one attached hydrogen (secondary N) is 4. The van der Waals surface area contributed by atoms with E-state index in [0.29, 0.717) is 137 Å². The number of amides is 2. The molecule has 4 N–H and O–H groups in total. The first-order valence-corrected chi connectivity index (χ1v) is 29.1. The summed E-state index contributed by atoms with van der Waals surface area (Å²) in [6.07, 6.45) is 3.27. The average Bonchev–Trinajstić information content (AvgIpc) is 3.01. The van der Waals surface area contributed by atoms with Crippen LogP contribution in [-0.4, -0.2) is 174 Å². The fourth-order valence-corrected chi connectivity index (χ4v) is 11.0. The lowest BCUT2D eigenvalue weighted by atomic mass is 9.84. The van der Waals surface area contributed by atoms with Crippen LogP contribution in [0.4, 0.5) is 11.6 Å². The third-order valence-corrected chi connectivity index (χ3v) is 14.9. The number of benzene rings is 4. The molecular weight excluding hydrogens is 1170 g/mol. The van der Waals surface area contributed by atoms with Gasteiger partial charge in [0.2, 0.25) is 11.8 Å². The average molecular weight is 1240 g/mol. The van der Waals surface area contributed by atoms with E-state index in [1.54, 1.807) is 12.7 Å². The van der Waals surface area contributed by atoms with Crippen molar-refractivity contribution >= 4 is 82.3 Å². The van der Waals surface area contributed by atoms with E-state index in [1.165, 1.54) is 11.1 Å². The summed E-state index contributed by atoms with van der Waals surface area (Å²) in [7, 11) is 4.21. The van der Waals surface area contributed by atoms with Crippen LogP contribution in [0.2, 0.25) is 20.1 Å². The monoisotopic (exact) mass is 1240 g/mol. The van der Waals surface area contributed by atoms with Gasteiger partial charge in [-0.25, -0.2) is 19.9 Å². The van der Waals surface area contributed by atoms with Gasteiger partial charge in [0.1, 0.15) is 24.3 Å². The number of nitrogens with zero attached hydrogens (tertiary/aromatic N) is 6. The zero-order valence-corrected chi connectivity index (χ0v) is 50.7. The first-order chi connectivity index (χ1) is 40.0. The van der Waals surface area contributed by atoms with Gasteiger partial charge in [-0.15, -0.1) is 12.4 Å². The zero-order valence-electron chi connectivity index (χ0n) is 46.8. The number of carbonyl (C=O) groups is 2. The highest BCUT2D eigenvalue weighted by Crippen LogP contribution is 2.41. The van der Waals surface area contributed by atoms with Gasteiger partial charge in [-0.05, 0) is 83.9 Å². The molecule has 6 aromatic rings. The number of aromatic nitrogens is 4. The molecule has 0 spiro atoms. The number of anilines is 2. The Hall–Kier alpha value is -5.29. The maximum Gasteiger partial charge on any atom is 0.220 e. The van der Waals surface area contributed by atoms with Crippen LogP contribution in [0, 0.1) is 0 Å². The van der Waals surface area contributed by atoms with Crippen molar-refractivity contribution in [3.05, 3.63) is 151 Å². The van der Waals surface area contributed by atoms with Crippen LogP contribution >= 0.6 is 58.8 Å². The highest BCUT2D eigenvalue weighted by molar-refractivity contribution is 6.35. The minimum absolute atomic E-state index is 0. The first-order valence-electron chi connectivity index (χ1n) is 27.6. The van der Waals surface area contributed by atoms with Crippen molar-refractivity contribution in [3.8, 4) is 22.5 Å². The van der Waals surface area contributed by atoms with Gasteiger partial charge in [0.25, 0.3) is 0 Å². The molecule has 4 heterocycles. The van der Waals surface area contributed by atoms with Crippen molar-refractivity contribution in [2.45, 2.75) is 37.8 Å². The molecule has 0 unspecified atom stereocenters. The molecule has 8 rings (SSSR count). The largest absolute Gasteiger partial charge is 0.377 e. The van der Waals surface area contributed by atoms with E-state index in [2.05, 4.69) is 114 Å². The van der Waals surface area contributed by atoms with Crippen LogP contribution in [-0.2, 0) is 51.1 Å². The number of hydrogen-bond acceptors (Lipinski definition) is 16. The standard InChI is InChI=1S/C60H72Cl4N10O8.ClH/c1-73-35-49(47-29-45(61)31-53(63)51(47)37-73)41-5-3-7-43(27-41)55-33-57(71-39-69-55)65-11-15-77-19-23-81-25-21-79-17-13-67-59(75)9-10-60(76)68-14-18-80-22-26-82-24-20-78-16-12-66-58-34-56(70-40-72-58)44-8-4-6-42(28-44)50-36-74(2)38-52-48(50)30-46(62)32-54(52)64;/h3-8,27-34,39-40,49-50H,9-26,35-38H2,1-2H3,(H,67,75)(H,68,76)(H,65,69,71)(H,66,70,72);1H/t49-,50-;/m0./s1. The van der Waals surface area contributed by atoms with Crippen molar-refractivity contribution in [2.24, 2.45) is 0 Å². The summed E-state index contributed by atoms with van der Waals surface area (Å²) >= 11 is 26.1. The SMILES string of the molecule is CN1Cc2c(Cl)cc(Cl)cc2[C@H](c2cccc(-c3cc(NCCOCCOCCOCCNC(=O)CCC(=O)NCCOCCOCCOCCNc4cc(-c5cccc([C@@H]6CN(C)Cc7c(Cl)cc(Cl)cc76)c5)ncn4)ncn3)c2)C1.Cl. The number of ether oxygens (including phenoxy) is 6. The van der Waals surface area contributed by atoms with Crippen molar-refractivity contribution in [3.63, 3.8) is 0 Å². The molecule has 2 amide bonds. The Balaban J connectivity index is 0.00000990. The van der Waals surface area contributed by atoms with Crippen molar-refractivity contribution < 1.29 is 38.0 Å². The maximum absolute atomic E-state index is 12.2. The van der Waals surface area contributed by atoms with E-state index in [4.69, 9.17) is 74.8 Å². The second kappa shape index (κ2) is 34.6. The van der Waals surface area contributed by atoms with Gasteiger partial charge in [-0.1, -0.05) is 82.8 Å². The second-order valence-electron chi connectivity index (χ2n) is 20.0. The summed E-state index contributed by atoms with van der Waals surface area (Å²) in [4.78, 5) is 46.9. The highest BCUT2D eigenvalue weighted by Gasteiger charge is 2.29. The number of hydrogen-bond donors (Lipinski definition) is 4. The maximum atomic E-state index is 12.2. The number of carbonyl (C=O) groups excluding carboxylic acids is 2. The van der Waals surface area contributed by atoms with Gasteiger partial charge in [-0.3, -0.25) is 9.59 Å². The van der Waals surface area contributed by atoms with E-state index in [-0.39, 0.29) is 48.9 Å². The van der Waals surface area contributed by atoms with E-state index < -0.39 is 0 Å².